The number of hydrogen-bond acceptors (Lipinski definition) is 4. The summed E-state index contributed by atoms with van der Waals surface area (Å²) < 4.78 is 22.4. The average Bonchev–Trinajstić information content (AvgIpc) is 1.99. The van der Waals surface area contributed by atoms with Crippen molar-refractivity contribution in [1.29, 1.82) is 0 Å². The van der Waals surface area contributed by atoms with Crippen LogP contribution in [0.1, 0.15) is 13.8 Å². The molecule has 0 bridgehead atoms. The van der Waals surface area contributed by atoms with Crippen molar-refractivity contribution in [3.8, 4) is 0 Å². The molecule has 0 aliphatic heterocycles. The van der Waals surface area contributed by atoms with Crippen LogP contribution in [0.25, 0.3) is 0 Å². The fourth-order valence-electron chi connectivity index (χ4n) is 0.612. The highest BCUT2D eigenvalue weighted by Crippen LogP contribution is 1.99. The van der Waals surface area contributed by atoms with Gasteiger partial charge in [0.2, 0.25) is 5.91 Å². The molecule has 0 aromatic heterocycles. The second-order valence-electron chi connectivity index (χ2n) is 2.99. The quantitative estimate of drug-likeness (QED) is 0.599. The van der Waals surface area contributed by atoms with E-state index in [1.165, 1.54) is 0 Å². The van der Waals surface area contributed by atoms with Crippen LogP contribution in [0.5, 0.6) is 0 Å². The minimum Gasteiger partial charge on any atom is -0.354 e. The maximum atomic E-state index is 11.2. The maximum Gasteiger partial charge on any atom is 0.235 e. The van der Waals surface area contributed by atoms with E-state index in [1.807, 2.05) is 0 Å². The Hall–Kier alpha value is -0.620. The molecular formula is C7H16N2O3S. The zero-order chi connectivity index (χ0) is 10.5. The molecule has 0 unspecified atom stereocenters. The van der Waals surface area contributed by atoms with E-state index in [4.69, 9.17) is 5.73 Å². The van der Waals surface area contributed by atoms with Crippen LogP contribution in [0, 0.1) is 0 Å². The Morgan fingerprint density at radius 1 is 1.46 bits per heavy atom. The van der Waals surface area contributed by atoms with E-state index in [0.29, 0.717) is 13.1 Å². The lowest BCUT2D eigenvalue weighted by molar-refractivity contribution is -0.118. The molecule has 0 fully saturated rings. The fraction of sp³-hybridized carbons (Fsp3) is 0.857. The summed E-state index contributed by atoms with van der Waals surface area (Å²) >= 11 is 0. The van der Waals surface area contributed by atoms with Crippen LogP contribution in [-0.2, 0) is 14.6 Å². The summed E-state index contributed by atoms with van der Waals surface area (Å²) in [4.78, 5) is 11.0. The molecule has 0 aromatic carbocycles. The minimum absolute atomic E-state index is 0.312. The van der Waals surface area contributed by atoms with Gasteiger partial charge in [0, 0.05) is 13.1 Å². The zero-order valence-corrected chi connectivity index (χ0v) is 8.73. The van der Waals surface area contributed by atoms with Crippen LogP contribution in [0.4, 0.5) is 0 Å². The standard InChI is InChI=1S/C7H16N2O3S/c1-6(2)13(11,12)5-7(10)9-4-3-8/h6H,3-5,8H2,1-2H3,(H,9,10). The molecule has 13 heavy (non-hydrogen) atoms. The molecule has 6 heteroatoms. The molecule has 0 spiro atoms. The number of nitrogens with two attached hydrogens (primary N) is 1. The van der Waals surface area contributed by atoms with Gasteiger partial charge in [-0.2, -0.15) is 0 Å². The summed E-state index contributed by atoms with van der Waals surface area (Å²) in [6.45, 7) is 3.72. The highest BCUT2D eigenvalue weighted by Gasteiger charge is 2.19. The average molecular weight is 208 g/mol. The predicted molar refractivity (Wildman–Crippen MR) is 51.0 cm³/mol. The number of carbonyl (C=O) groups excluding carboxylic acids is 1. The summed E-state index contributed by atoms with van der Waals surface area (Å²) in [5.41, 5.74) is 5.14. The van der Waals surface area contributed by atoms with E-state index in [1.54, 1.807) is 13.8 Å². The lowest BCUT2D eigenvalue weighted by Crippen LogP contribution is -2.35. The lowest BCUT2D eigenvalue weighted by atomic mass is 10.6. The molecule has 0 saturated heterocycles. The molecule has 0 radical (unpaired) electrons. The molecule has 5 nitrogen and oxygen atoms in total. The highest BCUT2D eigenvalue weighted by molar-refractivity contribution is 7.92. The number of rotatable bonds is 5. The molecule has 0 saturated carbocycles. The lowest BCUT2D eigenvalue weighted by Gasteiger charge is -2.07. The van der Waals surface area contributed by atoms with Crippen LogP contribution in [-0.4, -0.2) is 38.4 Å². The smallest absolute Gasteiger partial charge is 0.235 e. The van der Waals surface area contributed by atoms with Gasteiger partial charge in [-0.25, -0.2) is 8.42 Å². The first-order valence-electron chi connectivity index (χ1n) is 4.08. The van der Waals surface area contributed by atoms with Gasteiger partial charge in [0.1, 0.15) is 5.75 Å². The van der Waals surface area contributed by atoms with Crippen LogP contribution in [0.3, 0.4) is 0 Å². The van der Waals surface area contributed by atoms with Crippen LogP contribution >= 0.6 is 0 Å². The number of amides is 1. The van der Waals surface area contributed by atoms with E-state index in [2.05, 4.69) is 5.32 Å². The molecule has 0 aliphatic rings. The van der Waals surface area contributed by atoms with Crippen molar-refractivity contribution in [2.24, 2.45) is 5.73 Å². The van der Waals surface area contributed by atoms with Crippen molar-refractivity contribution >= 4 is 15.7 Å². The van der Waals surface area contributed by atoms with Crippen LogP contribution < -0.4 is 11.1 Å². The summed E-state index contributed by atoms with van der Waals surface area (Å²) in [7, 11) is -3.28. The first kappa shape index (κ1) is 12.4. The van der Waals surface area contributed by atoms with Crippen molar-refractivity contribution in [1.82, 2.24) is 5.32 Å². The normalized spacial score (nSPS) is 11.7. The summed E-state index contributed by atoms with van der Waals surface area (Å²) in [6.07, 6.45) is 0. The van der Waals surface area contributed by atoms with Gasteiger partial charge in [0.25, 0.3) is 0 Å². The molecule has 0 aliphatic carbocycles. The predicted octanol–water partition coefficient (Wildman–Crippen LogP) is -1.12. The van der Waals surface area contributed by atoms with Gasteiger partial charge in [0.15, 0.2) is 9.84 Å². The Morgan fingerprint density at radius 2 is 2.00 bits per heavy atom. The minimum atomic E-state index is -3.28. The number of carbonyl (C=O) groups is 1. The summed E-state index contributed by atoms with van der Waals surface area (Å²) in [6, 6.07) is 0. The third-order valence-electron chi connectivity index (χ3n) is 1.52. The molecule has 3 N–H and O–H groups in total. The topological polar surface area (TPSA) is 89.3 Å². The first-order valence-corrected chi connectivity index (χ1v) is 5.80. The van der Waals surface area contributed by atoms with Crippen LogP contribution in [0.15, 0.2) is 0 Å². The van der Waals surface area contributed by atoms with Gasteiger partial charge in [-0.1, -0.05) is 0 Å². The zero-order valence-electron chi connectivity index (χ0n) is 7.91. The Kier molecular flexibility index (Phi) is 4.94. The number of sulfone groups is 1. The van der Waals surface area contributed by atoms with Gasteiger partial charge >= 0.3 is 0 Å². The van der Waals surface area contributed by atoms with Crippen molar-refractivity contribution in [2.75, 3.05) is 18.8 Å². The molecule has 1 amide bonds. The largest absolute Gasteiger partial charge is 0.354 e. The van der Waals surface area contributed by atoms with Crippen molar-refractivity contribution in [3.05, 3.63) is 0 Å². The van der Waals surface area contributed by atoms with E-state index < -0.39 is 26.7 Å². The van der Waals surface area contributed by atoms with Gasteiger partial charge in [0.05, 0.1) is 5.25 Å². The van der Waals surface area contributed by atoms with Crippen molar-refractivity contribution < 1.29 is 13.2 Å². The second kappa shape index (κ2) is 5.18. The van der Waals surface area contributed by atoms with Gasteiger partial charge in [-0.15, -0.1) is 0 Å². The first-order chi connectivity index (χ1) is 5.90. The molecule has 0 aromatic rings. The molecule has 78 valence electrons. The number of nitrogens with one attached hydrogen (secondary N) is 1. The van der Waals surface area contributed by atoms with Gasteiger partial charge in [-0.05, 0) is 13.8 Å². The van der Waals surface area contributed by atoms with Gasteiger partial charge in [-0.3, -0.25) is 4.79 Å². The third-order valence-corrected chi connectivity index (χ3v) is 3.62. The van der Waals surface area contributed by atoms with Crippen molar-refractivity contribution in [3.63, 3.8) is 0 Å². The van der Waals surface area contributed by atoms with E-state index in [9.17, 15) is 13.2 Å². The molecule has 0 rings (SSSR count). The third kappa shape index (κ3) is 4.84. The molecule has 0 heterocycles. The SMILES string of the molecule is CC(C)S(=O)(=O)CC(=O)NCCN. The van der Waals surface area contributed by atoms with Gasteiger partial charge < -0.3 is 11.1 Å². The van der Waals surface area contributed by atoms with E-state index in [0.717, 1.165) is 0 Å². The summed E-state index contributed by atoms with van der Waals surface area (Å²) in [5, 5.41) is 1.88. The van der Waals surface area contributed by atoms with E-state index >= 15 is 0 Å². The fourth-order valence-corrected chi connectivity index (χ4v) is 1.41. The second-order valence-corrected chi connectivity index (χ2v) is 5.55. The summed E-state index contributed by atoms with van der Waals surface area (Å²) in [5.74, 6) is -0.941. The Labute approximate surface area is 78.6 Å². The van der Waals surface area contributed by atoms with E-state index in [-0.39, 0.29) is 0 Å². The van der Waals surface area contributed by atoms with Crippen LogP contribution in [0.2, 0.25) is 0 Å². The highest BCUT2D eigenvalue weighted by atomic mass is 32.2. The Bertz CT molecular complexity index is 259. The Morgan fingerprint density at radius 3 is 2.38 bits per heavy atom. The number of hydrogen-bond donors (Lipinski definition) is 2. The maximum absolute atomic E-state index is 11.2. The van der Waals surface area contributed by atoms with Crippen molar-refractivity contribution in [2.45, 2.75) is 19.1 Å². The monoisotopic (exact) mass is 208 g/mol. The molecular weight excluding hydrogens is 192 g/mol. The Balaban J connectivity index is 4.06. The molecule has 0 atom stereocenters.